The summed E-state index contributed by atoms with van der Waals surface area (Å²) in [5.74, 6) is -0.266. The average Bonchev–Trinajstić information content (AvgIpc) is 2.96. The fourth-order valence-corrected chi connectivity index (χ4v) is 2.81. The van der Waals surface area contributed by atoms with Gasteiger partial charge in [0.1, 0.15) is 5.82 Å². The number of halogens is 1. The fraction of sp³-hybridized carbons (Fsp3) is 0.0714. The second-order valence-corrected chi connectivity index (χ2v) is 5.34. The zero-order valence-electron chi connectivity index (χ0n) is 10.3. The lowest BCUT2D eigenvalue weighted by Crippen LogP contribution is -1.92. The Morgan fingerprint density at radius 3 is 2.68 bits per heavy atom. The Hall–Kier alpha value is -2.14. The van der Waals surface area contributed by atoms with Gasteiger partial charge in [-0.05, 0) is 30.3 Å². The van der Waals surface area contributed by atoms with Crippen LogP contribution < -0.4 is 5.73 Å². The van der Waals surface area contributed by atoms with Crippen LogP contribution in [0, 0.1) is 5.82 Å². The number of hydrogen-bond donors (Lipinski definition) is 1. The standard InChI is InChI=1S/C14H12FN3S/c1-18-12(13-6-7-14(16)19-13)8-11(17-18)9-4-2-3-5-10(9)15/h2-8H,16H2,1H3. The molecule has 96 valence electrons. The zero-order valence-corrected chi connectivity index (χ0v) is 11.1. The van der Waals surface area contributed by atoms with Gasteiger partial charge in [0.05, 0.1) is 21.3 Å². The topological polar surface area (TPSA) is 43.8 Å². The van der Waals surface area contributed by atoms with Gasteiger partial charge in [0.25, 0.3) is 0 Å². The molecule has 0 saturated heterocycles. The number of nitrogens with zero attached hydrogens (tertiary/aromatic N) is 2. The Balaban J connectivity index is 2.10. The van der Waals surface area contributed by atoms with Crippen molar-refractivity contribution in [2.75, 3.05) is 5.73 Å². The summed E-state index contributed by atoms with van der Waals surface area (Å²) in [6, 6.07) is 12.3. The molecule has 3 nitrogen and oxygen atoms in total. The normalized spacial score (nSPS) is 10.8. The predicted octanol–water partition coefficient (Wildman–Crippen LogP) is 3.54. The summed E-state index contributed by atoms with van der Waals surface area (Å²) in [6.07, 6.45) is 0. The third-order valence-corrected chi connectivity index (χ3v) is 3.85. The number of rotatable bonds is 2. The van der Waals surface area contributed by atoms with E-state index in [-0.39, 0.29) is 5.82 Å². The second kappa shape index (κ2) is 4.51. The first-order valence-corrected chi connectivity index (χ1v) is 6.61. The summed E-state index contributed by atoms with van der Waals surface area (Å²) in [7, 11) is 1.84. The summed E-state index contributed by atoms with van der Waals surface area (Å²) in [4.78, 5) is 1.02. The van der Waals surface area contributed by atoms with E-state index in [0.717, 1.165) is 15.6 Å². The second-order valence-electron chi connectivity index (χ2n) is 4.22. The predicted molar refractivity (Wildman–Crippen MR) is 76.3 cm³/mol. The van der Waals surface area contributed by atoms with Crippen molar-refractivity contribution in [1.29, 1.82) is 0 Å². The van der Waals surface area contributed by atoms with Crippen molar-refractivity contribution in [3.05, 3.63) is 48.3 Å². The van der Waals surface area contributed by atoms with E-state index in [1.54, 1.807) is 22.9 Å². The Morgan fingerprint density at radius 1 is 1.21 bits per heavy atom. The van der Waals surface area contributed by atoms with Crippen LogP contribution in [0.5, 0.6) is 0 Å². The van der Waals surface area contributed by atoms with Crippen LogP contribution in [0.15, 0.2) is 42.5 Å². The van der Waals surface area contributed by atoms with Crippen molar-refractivity contribution >= 4 is 16.3 Å². The maximum atomic E-state index is 13.8. The van der Waals surface area contributed by atoms with E-state index in [1.165, 1.54) is 17.4 Å². The van der Waals surface area contributed by atoms with E-state index in [1.807, 2.05) is 25.2 Å². The molecule has 5 heteroatoms. The molecule has 0 radical (unpaired) electrons. The first kappa shape index (κ1) is 11.9. The van der Waals surface area contributed by atoms with Crippen molar-refractivity contribution in [1.82, 2.24) is 9.78 Å². The number of aryl methyl sites for hydroxylation is 1. The highest BCUT2D eigenvalue weighted by Gasteiger charge is 2.13. The first-order chi connectivity index (χ1) is 9.15. The number of aromatic nitrogens is 2. The van der Waals surface area contributed by atoms with Crippen LogP contribution in [0.1, 0.15) is 0 Å². The van der Waals surface area contributed by atoms with E-state index in [4.69, 9.17) is 5.73 Å². The minimum atomic E-state index is -0.266. The molecular weight excluding hydrogens is 261 g/mol. The molecule has 0 aliphatic rings. The minimum Gasteiger partial charge on any atom is -0.391 e. The molecule has 0 saturated carbocycles. The van der Waals surface area contributed by atoms with Gasteiger partial charge in [-0.2, -0.15) is 5.10 Å². The van der Waals surface area contributed by atoms with Crippen LogP contribution in [0.25, 0.3) is 21.8 Å². The maximum Gasteiger partial charge on any atom is 0.132 e. The number of thiophene rings is 1. The van der Waals surface area contributed by atoms with Crippen molar-refractivity contribution in [3.63, 3.8) is 0 Å². The molecule has 0 aliphatic heterocycles. The van der Waals surface area contributed by atoms with Crippen molar-refractivity contribution < 1.29 is 4.39 Å². The number of anilines is 1. The monoisotopic (exact) mass is 273 g/mol. The summed E-state index contributed by atoms with van der Waals surface area (Å²) in [5, 5.41) is 5.12. The quantitative estimate of drug-likeness (QED) is 0.776. The minimum absolute atomic E-state index is 0.266. The number of benzene rings is 1. The molecule has 2 heterocycles. The lowest BCUT2D eigenvalue weighted by atomic mass is 10.1. The Labute approximate surface area is 114 Å². The molecule has 0 atom stereocenters. The van der Waals surface area contributed by atoms with E-state index in [2.05, 4.69) is 5.10 Å². The molecule has 0 amide bonds. The van der Waals surface area contributed by atoms with Crippen molar-refractivity contribution in [2.24, 2.45) is 7.05 Å². The zero-order chi connectivity index (χ0) is 13.4. The van der Waals surface area contributed by atoms with Gasteiger partial charge in [-0.1, -0.05) is 12.1 Å². The number of hydrogen-bond acceptors (Lipinski definition) is 3. The average molecular weight is 273 g/mol. The molecule has 0 unspecified atom stereocenters. The molecular formula is C14H12FN3S. The molecule has 3 rings (SSSR count). The highest BCUT2D eigenvalue weighted by Crippen LogP contribution is 2.32. The van der Waals surface area contributed by atoms with Crippen molar-refractivity contribution in [3.8, 4) is 21.8 Å². The van der Waals surface area contributed by atoms with Crippen LogP contribution in [-0.2, 0) is 7.05 Å². The Kier molecular flexibility index (Phi) is 2.83. The van der Waals surface area contributed by atoms with Crippen LogP contribution in [0.3, 0.4) is 0 Å². The highest BCUT2D eigenvalue weighted by molar-refractivity contribution is 7.19. The Morgan fingerprint density at radius 2 is 2.00 bits per heavy atom. The molecule has 0 spiro atoms. The van der Waals surface area contributed by atoms with Crippen molar-refractivity contribution in [2.45, 2.75) is 0 Å². The molecule has 0 aliphatic carbocycles. The number of nitrogens with two attached hydrogens (primary N) is 1. The summed E-state index contributed by atoms with van der Waals surface area (Å²) >= 11 is 1.49. The summed E-state index contributed by atoms with van der Waals surface area (Å²) < 4.78 is 15.5. The van der Waals surface area contributed by atoms with Crippen LogP contribution in [0.4, 0.5) is 9.39 Å². The maximum absolute atomic E-state index is 13.8. The summed E-state index contributed by atoms with van der Waals surface area (Å²) in [6.45, 7) is 0. The molecule has 2 N–H and O–H groups in total. The van der Waals surface area contributed by atoms with Gasteiger partial charge >= 0.3 is 0 Å². The Bertz CT molecular complexity index is 730. The highest BCUT2D eigenvalue weighted by atomic mass is 32.1. The van der Waals surface area contributed by atoms with Gasteiger partial charge in [-0.15, -0.1) is 11.3 Å². The van der Waals surface area contributed by atoms with E-state index >= 15 is 0 Å². The summed E-state index contributed by atoms with van der Waals surface area (Å²) in [5.41, 5.74) is 7.80. The van der Waals surface area contributed by atoms with Gasteiger partial charge in [0, 0.05) is 12.6 Å². The molecule has 19 heavy (non-hydrogen) atoms. The molecule has 0 bridgehead atoms. The molecule has 0 fully saturated rings. The van der Waals surface area contributed by atoms with Gasteiger partial charge in [0.2, 0.25) is 0 Å². The van der Waals surface area contributed by atoms with Gasteiger partial charge in [-0.25, -0.2) is 4.39 Å². The smallest absolute Gasteiger partial charge is 0.132 e. The largest absolute Gasteiger partial charge is 0.391 e. The molecule has 3 aromatic rings. The van der Waals surface area contributed by atoms with Crippen LogP contribution in [0.2, 0.25) is 0 Å². The van der Waals surface area contributed by atoms with Crippen LogP contribution >= 0.6 is 11.3 Å². The third kappa shape index (κ3) is 2.13. The van der Waals surface area contributed by atoms with Gasteiger partial charge in [0.15, 0.2) is 0 Å². The molecule has 2 aromatic heterocycles. The SMILES string of the molecule is Cn1nc(-c2ccccc2F)cc1-c1ccc(N)s1. The lowest BCUT2D eigenvalue weighted by Gasteiger charge is -1.97. The van der Waals surface area contributed by atoms with Gasteiger partial charge in [-0.3, -0.25) is 4.68 Å². The van der Waals surface area contributed by atoms with E-state index in [0.29, 0.717) is 11.3 Å². The first-order valence-electron chi connectivity index (χ1n) is 5.80. The fourth-order valence-electron chi connectivity index (χ4n) is 1.99. The number of nitrogen functional groups attached to an aromatic ring is 1. The lowest BCUT2D eigenvalue weighted by molar-refractivity contribution is 0.630. The van der Waals surface area contributed by atoms with Crippen LogP contribution in [-0.4, -0.2) is 9.78 Å². The van der Waals surface area contributed by atoms with E-state index < -0.39 is 0 Å². The van der Waals surface area contributed by atoms with E-state index in [9.17, 15) is 4.39 Å². The van der Waals surface area contributed by atoms with Gasteiger partial charge < -0.3 is 5.73 Å². The third-order valence-electron chi connectivity index (χ3n) is 2.91. The molecule has 1 aromatic carbocycles.